The van der Waals surface area contributed by atoms with Gasteiger partial charge >= 0.3 is 0 Å². The SMILES string of the molecule is O=C(c1cccnc1Nc1ccc2c(c1)OCCO2)N1CCOCC1. The first-order valence-corrected chi connectivity index (χ1v) is 8.30. The highest BCUT2D eigenvalue weighted by Gasteiger charge is 2.22. The lowest BCUT2D eigenvalue weighted by Gasteiger charge is -2.27. The van der Waals surface area contributed by atoms with Gasteiger partial charge in [-0.3, -0.25) is 4.79 Å². The van der Waals surface area contributed by atoms with Crippen LogP contribution < -0.4 is 14.8 Å². The Labute approximate surface area is 145 Å². The van der Waals surface area contributed by atoms with Crippen LogP contribution in [0.5, 0.6) is 11.5 Å². The molecule has 130 valence electrons. The maximum Gasteiger partial charge on any atom is 0.257 e. The zero-order chi connectivity index (χ0) is 17.1. The summed E-state index contributed by atoms with van der Waals surface area (Å²) in [6, 6.07) is 9.13. The minimum absolute atomic E-state index is 0.0450. The quantitative estimate of drug-likeness (QED) is 0.921. The van der Waals surface area contributed by atoms with E-state index in [1.165, 1.54) is 0 Å². The number of hydrogen-bond acceptors (Lipinski definition) is 6. The largest absolute Gasteiger partial charge is 0.486 e. The smallest absolute Gasteiger partial charge is 0.257 e. The van der Waals surface area contributed by atoms with Crippen molar-refractivity contribution in [2.45, 2.75) is 0 Å². The summed E-state index contributed by atoms with van der Waals surface area (Å²) in [5.74, 6) is 1.89. The molecule has 4 rings (SSSR count). The molecule has 7 heteroatoms. The molecule has 0 atom stereocenters. The van der Waals surface area contributed by atoms with Crippen LogP contribution >= 0.6 is 0 Å². The van der Waals surface area contributed by atoms with Crippen molar-refractivity contribution in [3.63, 3.8) is 0 Å². The Morgan fingerprint density at radius 1 is 1.04 bits per heavy atom. The van der Waals surface area contributed by atoms with Crippen molar-refractivity contribution >= 4 is 17.4 Å². The molecule has 1 saturated heterocycles. The van der Waals surface area contributed by atoms with E-state index in [1.54, 1.807) is 23.2 Å². The van der Waals surface area contributed by atoms with Gasteiger partial charge in [0.2, 0.25) is 0 Å². The topological polar surface area (TPSA) is 72.9 Å². The van der Waals surface area contributed by atoms with E-state index in [4.69, 9.17) is 14.2 Å². The molecule has 2 aliphatic heterocycles. The van der Waals surface area contributed by atoms with Crippen molar-refractivity contribution in [3.8, 4) is 11.5 Å². The van der Waals surface area contributed by atoms with Crippen LogP contribution in [0.2, 0.25) is 0 Å². The van der Waals surface area contributed by atoms with Crippen molar-refractivity contribution in [3.05, 3.63) is 42.1 Å². The maximum atomic E-state index is 12.8. The minimum Gasteiger partial charge on any atom is -0.486 e. The number of fused-ring (bicyclic) bond motifs is 1. The van der Waals surface area contributed by atoms with Gasteiger partial charge in [-0.25, -0.2) is 4.98 Å². The van der Waals surface area contributed by atoms with E-state index in [0.29, 0.717) is 56.6 Å². The molecule has 1 amide bonds. The number of nitrogens with one attached hydrogen (secondary N) is 1. The number of pyridine rings is 1. The molecule has 1 fully saturated rings. The highest BCUT2D eigenvalue weighted by molar-refractivity contribution is 5.99. The van der Waals surface area contributed by atoms with Crippen molar-refractivity contribution in [2.24, 2.45) is 0 Å². The summed E-state index contributed by atoms with van der Waals surface area (Å²) in [7, 11) is 0. The van der Waals surface area contributed by atoms with Gasteiger partial charge in [-0.15, -0.1) is 0 Å². The van der Waals surface area contributed by atoms with E-state index in [0.717, 1.165) is 11.4 Å². The minimum atomic E-state index is -0.0450. The van der Waals surface area contributed by atoms with E-state index < -0.39 is 0 Å². The zero-order valence-electron chi connectivity index (χ0n) is 13.7. The molecule has 2 aliphatic rings. The van der Waals surface area contributed by atoms with Crippen LogP contribution in [-0.4, -0.2) is 55.3 Å². The van der Waals surface area contributed by atoms with Crippen molar-refractivity contribution in [1.82, 2.24) is 9.88 Å². The number of ether oxygens (including phenoxy) is 3. The van der Waals surface area contributed by atoms with E-state index in [-0.39, 0.29) is 5.91 Å². The summed E-state index contributed by atoms with van der Waals surface area (Å²) in [6.07, 6.45) is 1.66. The molecule has 1 aromatic heterocycles. The molecule has 0 saturated carbocycles. The highest BCUT2D eigenvalue weighted by atomic mass is 16.6. The number of carbonyl (C=O) groups excluding carboxylic acids is 1. The third kappa shape index (κ3) is 3.36. The maximum absolute atomic E-state index is 12.8. The number of nitrogens with zero attached hydrogens (tertiary/aromatic N) is 2. The summed E-state index contributed by atoms with van der Waals surface area (Å²) in [6.45, 7) is 3.40. The van der Waals surface area contributed by atoms with E-state index in [1.807, 2.05) is 18.2 Å². The number of amides is 1. The number of morpholine rings is 1. The lowest BCUT2D eigenvalue weighted by Crippen LogP contribution is -2.40. The molecule has 0 aliphatic carbocycles. The standard InChI is InChI=1S/C18H19N3O4/c22-18(21-6-8-23-9-7-21)14-2-1-5-19-17(14)20-13-3-4-15-16(12-13)25-11-10-24-15/h1-5,12H,6-11H2,(H,19,20). The Balaban J connectivity index is 1.57. The van der Waals surface area contributed by atoms with Crippen LogP contribution in [-0.2, 0) is 4.74 Å². The van der Waals surface area contributed by atoms with E-state index in [2.05, 4.69) is 10.3 Å². The van der Waals surface area contributed by atoms with Gasteiger partial charge < -0.3 is 24.4 Å². The Kier molecular flexibility index (Phi) is 4.39. The second-order valence-electron chi connectivity index (χ2n) is 5.79. The third-order valence-electron chi connectivity index (χ3n) is 4.14. The summed E-state index contributed by atoms with van der Waals surface area (Å²) in [5.41, 5.74) is 1.33. The fraction of sp³-hybridized carbons (Fsp3) is 0.333. The van der Waals surface area contributed by atoms with Crippen LogP contribution in [0.1, 0.15) is 10.4 Å². The Morgan fingerprint density at radius 2 is 1.84 bits per heavy atom. The molecule has 0 unspecified atom stereocenters. The molecule has 7 nitrogen and oxygen atoms in total. The second kappa shape index (κ2) is 6.98. The first kappa shape index (κ1) is 15.7. The van der Waals surface area contributed by atoms with Gasteiger partial charge in [0.25, 0.3) is 5.91 Å². The normalized spacial score (nSPS) is 16.4. The third-order valence-corrected chi connectivity index (χ3v) is 4.14. The monoisotopic (exact) mass is 341 g/mol. The number of anilines is 2. The fourth-order valence-corrected chi connectivity index (χ4v) is 2.87. The first-order chi connectivity index (χ1) is 12.3. The molecule has 1 N–H and O–H groups in total. The van der Waals surface area contributed by atoms with E-state index in [9.17, 15) is 4.79 Å². The predicted molar refractivity (Wildman–Crippen MR) is 91.7 cm³/mol. The summed E-state index contributed by atoms with van der Waals surface area (Å²) >= 11 is 0. The van der Waals surface area contributed by atoms with Crippen molar-refractivity contribution < 1.29 is 19.0 Å². The highest BCUT2D eigenvalue weighted by Crippen LogP contribution is 2.33. The molecular weight excluding hydrogens is 322 g/mol. The molecule has 0 radical (unpaired) electrons. The van der Waals surface area contributed by atoms with Gasteiger partial charge in [0.1, 0.15) is 19.0 Å². The number of hydrogen-bond donors (Lipinski definition) is 1. The number of aromatic nitrogens is 1. The molecule has 3 heterocycles. The molecular formula is C18H19N3O4. The Morgan fingerprint density at radius 3 is 2.68 bits per heavy atom. The van der Waals surface area contributed by atoms with Crippen LogP contribution in [0.15, 0.2) is 36.5 Å². The van der Waals surface area contributed by atoms with Gasteiger partial charge in [-0.05, 0) is 24.3 Å². The molecule has 0 bridgehead atoms. The number of rotatable bonds is 3. The predicted octanol–water partition coefficient (Wildman–Crippen LogP) is 2.07. The molecule has 2 aromatic rings. The summed E-state index contributed by atoms with van der Waals surface area (Å²) in [4.78, 5) is 18.9. The van der Waals surface area contributed by atoms with Gasteiger partial charge in [-0.1, -0.05) is 0 Å². The Bertz CT molecular complexity index is 775. The number of carbonyl (C=O) groups is 1. The molecule has 0 spiro atoms. The summed E-state index contributed by atoms with van der Waals surface area (Å²) in [5, 5.41) is 3.22. The van der Waals surface area contributed by atoms with Gasteiger partial charge in [0.05, 0.1) is 18.8 Å². The Hall–Kier alpha value is -2.80. The van der Waals surface area contributed by atoms with E-state index >= 15 is 0 Å². The first-order valence-electron chi connectivity index (χ1n) is 8.30. The number of benzene rings is 1. The van der Waals surface area contributed by atoms with Crippen molar-refractivity contribution in [1.29, 1.82) is 0 Å². The van der Waals surface area contributed by atoms with Crippen LogP contribution in [0.3, 0.4) is 0 Å². The van der Waals surface area contributed by atoms with Crippen molar-refractivity contribution in [2.75, 3.05) is 44.8 Å². The second-order valence-corrected chi connectivity index (χ2v) is 5.79. The average Bonchev–Trinajstić information content (AvgIpc) is 2.68. The summed E-state index contributed by atoms with van der Waals surface area (Å²) < 4.78 is 16.4. The average molecular weight is 341 g/mol. The molecule has 1 aromatic carbocycles. The van der Waals surface area contributed by atoms with Crippen LogP contribution in [0.25, 0.3) is 0 Å². The van der Waals surface area contributed by atoms with Gasteiger partial charge in [-0.2, -0.15) is 0 Å². The molecule has 25 heavy (non-hydrogen) atoms. The van der Waals surface area contributed by atoms with Gasteiger partial charge in [0, 0.05) is 31.0 Å². The zero-order valence-corrected chi connectivity index (χ0v) is 13.7. The lowest BCUT2D eigenvalue weighted by atomic mass is 10.2. The lowest BCUT2D eigenvalue weighted by molar-refractivity contribution is 0.0303. The van der Waals surface area contributed by atoms with Crippen LogP contribution in [0, 0.1) is 0 Å². The fourth-order valence-electron chi connectivity index (χ4n) is 2.87. The van der Waals surface area contributed by atoms with Gasteiger partial charge in [0.15, 0.2) is 11.5 Å². The van der Waals surface area contributed by atoms with Crippen LogP contribution in [0.4, 0.5) is 11.5 Å².